The van der Waals surface area contributed by atoms with Crippen molar-refractivity contribution in [2.75, 3.05) is 11.9 Å². The SMILES string of the molecule is CCCCC(OCCBr)C(C)(C)C(C)(C)C. The van der Waals surface area contributed by atoms with Crippen LogP contribution in [0.3, 0.4) is 0 Å². The van der Waals surface area contributed by atoms with Gasteiger partial charge in [0.2, 0.25) is 0 Å². The smallest absolute Gasteiger partial charge is 0.0631 e. The van der Waals surface area contributed by atoms with E-state index < -0.39 is 0 Å². The van der Waals surface area contributed by atoms with Crippen molar-refractivity contribution in [1.82, 2.24) is 0 Å². The highest BCUT2D eigenvalue weighted by atomic mass is 79.9. The molecule has 16 heavy (non-hydrogen) atoms. The Morgan fingerprint density at radius 2 is 1.69 bits per heavy atom. The van der Waals surface area contributed by atoms with Crippen LogP contribution in [0.2, 0.25) is 0 Å². The van der Waals surface area contributed by atoms with E-state index in [9.17, 15) is 0 Å². The molecule has 1 unspecified atom stereocenters. The van der Waals surface area contributed by atoms with Gasteiger partial charge in [-0.15, -0.1) is 0 Å². The third-order valence-corrected chi connectivity index (χ3v) is 4.28. The van der Waals surface area contributed by atoms with Crippen LogP contribution in [-0.2, 0) is 4.74 Å². The van der Waals surface area contributed by atoms with E-state index in [1.165, 1.54) is 19.3 Å². The van der Waals surface area contributed by atoms with Crippen molar-refractivity contribution in [3.63, 3.8) is 0 Å². The quantitative estimate of drug-likeness (QED) is 0.598. The molecule has 2 heteroatoms. The predicted molar refractivity (Wildman–Crippen MR) is 76.3 cm³/mol. The molecule has 98 valence electrons. The third-order valence-electron chi connectivity index (χ3n) is 3.95. The van der Waals surface area contributed by atoms with Crippen LogP contribution in [0.25, 0.3) is 0 Å². The van der Waals surface area contributed by atoms with E-state index in [1.54, 1.807) is 0 Å². The van der Waals surface area contributed by atoms with Crippen molar-refractivity contribution in [3.8, 4) is 0 Å². The van der Waals surface area contributed by atoms with Crippen LogP contribution in [0.1, 0.15) is 60.8 Å². The summed E-state index contributed by atoms with van der Waals surface area (Å²) in [6, 6.07) is 0. The highest BCUT2D eigenvalue weighted by Crippen LogP contribution is 2.43. The molecule has 0 aliphatic carbocycles. The molecule has 0 fully saturated rings. The maximum Gasteiger partial charge on any atom is 0.0631 e. The molecule has 0 amide bonds. The summed E-state index contributed by atoms with van der Waals surface area (Å²) < 4.78 is 6.04. The molecular weight excluding hydrogens is 264 g/mol. The normalized spacial score (nSPS) is 15.2. The minimum atomic E-state index is 0.213. The lowest BCUT2D eigenvalue weighted by Gasteiger charge is -2.45. The van der Waals surface area contributed by atoms with Crippen LogP contribution in [0.15, 0.2) is 0 Å². The number of halogens is 1. The van der Waals surface area contributed by atoms with Gasteiger partial charge in [-0.3, -0.25) is 0 Å². The molecular formula is C14H29BrO. The van der Waals surface area contributed by atoms with E-state index in [-0.39, 0.29) is 10.8 Å². The van der Waals surface area contributed by atoms with Crippen molar-refractivity contribution in [3.05, 3.63) is 0 Å². The molecule has 0 rings (SSSR count). The summed E-state index contributed by atoms with van der Waals surface area (Å²) in [7, 11) is 0. The largest absolute Gasteiger partial charge is 0.377 e. The van der Waals surface area contributed by atoms with Gasteiger partial charge < -0.3 is 4.74 Å². The van der Waals surface area contributed by atoms with Crippen molar-refractivity contribution in [2.45, 2.75) is 66.9 Å². The molecule has 0 aliphatic heterocycles. The number of alkyl halides is 1. The van der Waals surface area contributed by atoms with E-state index in [2.05, 4.69) is 57.5 Å². The van der Waals surface area contributed by atoms with Gasteiger partial charge in [0.15, 0.2) is 0 Å². The molecule has 0 saturated heterocycles. The van der Waals surface area contributed by atoms with Crippen molar-refractivity contribution < 1.29 is 4.74 Å². The second kappa shape index (κ2) is 7.00. The lowest BCUT2D eigenvalue weighted by Crippen LogP contribution is -2.42. The lowest BCUT2D eigenvalue weighted by atomic mass is 9.65. The van der Waals surface area contributed by atoms with Gasteiger partial charge in [-0.2, -0.15) is 0 Å². The first-order chi connectivity index (χ1) is 7.27. The second-order valence-corrected chi connectivity index (χ2v) is 6.96. The molecule has 0 N–H and O–H groups in total. The van der Waals surface area contributed by atoms with E-state index in [4.69, 9.17) is 4.74 Å². The van der Waals surface area contributed by atoms with Crippen LogP contribution in [0.4, 0.5) is 0 Å². The predicted octanol–water partition coefficient (Wildman–Crippen LogP) is 5.03. The summed E-state index contributed by atoms with van der Waals surface area (Å²) in [5.41, 5.74) is 0.488. The van der Waals surface area contributed by atoms with E-state index in [0.29, 0.717) is 6.10 Å². The number of hydrogen-bond acceptors (Lipinski definition) is 1. The Bertz CT molecular complexity index is 174. The first-order valence-corrected chi connectivity index (χ1v) is 7.57. The molecule has 0 aliphatic rings. The maximum atomic E-state index is 6.04. The van der Waals surface area contributed by atoms with Gasteiger partial charge in [0.25, 0.3) is 0 Å². The second-order valence-electron chi connectivity index (χ2n) is 6.16. The molecule has 0 aromatic carbocycles. The Morgan fingerprint density at radius 1 is 1.12 bits per heavy atom. The zero-order valence-corrected chi connectivity index (χ0v) is 13.5. The summed E-state index contributed by atoms with van der Waals surface area (Å²) in [5, 5.41) is 0.926. The number of rotatable bonds is 7. The first-order valence-electron chi connectivity index (χ1n) is 6.45. The summed E-state index contributed by atoms with van der Waals surface area (Å²) in [6.45, 7) is 14.7. The Labute approximate surface area is 110 Å². The fourth-order valence-corrected chi connectivity index (χ4v) is 1.90. The average molecular weight is 293 g/mol. The molecule has 0 saturated carbocycles. The fraction of sp³-hybridized carbons (Fsp3) is 1.00. The highest BCUT2D eigenvalue weighted by molar-refractivity contribution is 9.09. The number of ether oxygens (including phenoxy) is 1. The van der Waals surface area contributed by atoms with E-state index in [0.717, 1.165) is 11.9 Å². The molecule has 0 heterocycles. The van der Waals surface area contributed by atoms with Crippen molar-refractivity contribution >= 4 is 15.9 Å². The van der Waals surface area contributed by atoms with Gasteiger partial charge in [-0.1, -0.05) is 70.3 Å². The molecule has 0 radical (unpaired) electrons. The molecule has 1 nitrogen and oxygen atoms in total. The average Bonchev–Trinajstić information content (AvgIpc) is 2.16. The summed E-state index contributed by atoms with van der Waals surface area (Å²) in [6.07, 6.45) is 4.04. The molecule has 0 aromatic rings. The van der Waals surface area contributed by atoms with Gasteiger partial charge in [0.1, 0.15) is 0 Å². The summed E-state index contributed by atoms with van der Waals surface area (Å²) in [5.74, 6) is 0. The monoisotopic (exact) mass is 292 g/mol. The van der Waals surface area contributed by atoms with Crippen LogP contribution in [-0.4, -0.2) is 18.0 Å². The Hall–Kier alpha value is 0.440. The van der Waals surface area contributed by atoms with Crippen LogP contribution < -0.4 is 0 Å². The van der Waals surface area contributed by atoms with E-state index >= 15 is 0 Å². The zero-order chi connectivity index (χ0) is 12.8. The van der Waals surface area contributed by atoms with Gasteiger partial charge in [0, 0.05) is 5.33 Å². The van der Waals surface area contributed by atoms with Gasteiger partial charge >= 0.3 is 0 Å². The minimum absolute atomic E-state index is 0.213. The molecule has 0 bridgehead atoms. The van der Waals surface area contributed by atoms with Crippen LogP contribution in [0.5, 0.6) is 0 Å². The molecule has 1 atom stereocenters. The Kier molecular flexibility index (Phi) is 7.20. The third kappa shape index (κ3) is 4.75. The zero-order valence-electron chi connectivity index (χ0n) is 11.9. The van der Waals surface area contributed by atoms with Crippen LogP contribution in [0, 0.1) is 10.8 Å². The summed E-state index contributed by atoms with van der Waals surface area (Å²) in [4.78, 5) is 0. The number of unbranched alkanes of at least 4 members (excludes halogenated alkanes) is 1. The highest BCUT2D eigenvalue weighted by Gasteiger charge is 2.40. The summed E-state index contributed by atoms with van der Waals surface area (Å²) >= 11 is 3.44. The van der Waals surface area contributed by atoms with Gasteiger partial charge in [-0.05, 0) is 17.3 Å². The Balaban J connectivity index is 4.58. The molecule has 0 spiro atoms. The van der Waals surface area contributed by atoms with Crippen molar-refractivity contribution in [1.29, 1.82) is 0 Å². The maximum absolute atomic E-state index is 6.04. The van der Waals surface area contributed by atoms with Gasteiger partial charge in [0.05, 0.1) is 12.7 Å². The van der Waals surface area contributed by atoms with Crippen LogP contribution >= 0.6 is 15.9 Å². The lowest BCUT2D eigenvalue weighted by molar-refractivity contribution is -0.0752. The topological polar surface area (TPSA) is 9.23 Å². The van der Waals surface area contributed by atoms with E-state index in [1.807, 2.05) is 0 Å². The molecule has 0 aromatic heterocycles. The fourth-order valence-electron chi connectivity index (χ4n) is 1.71. The Morgan fingerprint density at radius 3 is 2.06 bits per heavy atom. The first kappa shape index (κ1) is 16.4. The standard InChI is InChI=1S/C14H29BrO/c1-7-8-9-12(16-11-10-15)14(5,6)13(2,3)4/h12H,7-11H2,1-6H3. The number of hydrogen-bond donors (Lipinski definition) is 0. The van der Waals surface area contributed by atoms with Gasteiger partial charge in [-0.25, -0.2) is 0 Å². The van der Waals surface area contributed by atoms with Crippen molar-refractivity contribution in [2.24, 2.45) is 10.8 Å². The minimum Gasteiger partial charge on any atom is -0.377 e.